The topological polar surface area (TPSA) is 29.3 Å². The summed E-state index contributed by atoms with van der Waals surface area (Å²) in [5.41, 5.74) is 8.83. The summed E-state index contributed by atoms with van der Waals surface area (Å²) in [4.78, 5) is 2.72. The van der Waals surface area contributed by atoms with Crippen molar-refractivity contribution >= 4 is 28.8 Å². The third kappa shape index (κ3) is 4.53. The van der Waals surface area contributed by atoms with Crippen molar-refractivity contribution in [3.8, 4) is 0 Å². The van der Waals surface area contributed by atoms with Gasteiger partial charge in [0.2, 0.25) is 0 Å². The van der Waals surface area contributed by atoms with Gasteiger partial charge >= 0.3 is 0 Å². The summed E-state index contributed by atoms with van der Waals surface area (Å²) in [6.45, 7) is 4.83. The first kappa shape index (κ1) is 16.0. The Kier molecular flexibility index (Phi) is 5.74. The maximum absolute atomic E-state index is 6.34. The van der Waals surface area contributed by atoms with Crippen LogP contribution in [0.15, 0.2) is 48.5 Å². The number of hydrogen-bond donors (Lipinski definition) is 1. The molecule has 0 spiro atoms. The highest BCUT2D eigenvalue weighted by Gasteiger charge is 2.09. The number of halogens is 1. The highest BCUT2D eigenvalue weighted by atomic mass is 35.5. The second kappa shape index (κ2) is 7.55. The molecule has 0 amide bonds. The number of nitrogens with zero attached hydrogens (tertiary/aromatic N) is 1. The van der Waals surface area contributed by atoms with Gasteiger partial charge in [-0.3, -0.25) is 4.90 Å². The minimum absolute atomic E-state index is 0.375. The summed E-state index contributed by atoms with van der Waals surface area (Å²) in [7, 11) is 0. The smallest absolute Gasteiger partial charge is 0.104 e. The van der Waals surface area contributed by atoms with Crippen molar-refractivity contribution < 1.29 is 0 Å². The maximum Gasteiger partial charge on any atom is 0.104 e. The van der Waals surface area contributed by atoms with E-state index in [0.29, 0.717) is 10.0 Å². The van der Waals surface area contributed by atoms with E-state index in [1.165, 1.54) is 5.56 Å². The van der Waals surface area contributed by atoms with E-state index >= 15 is 0 Å². The van der Waals surface area contributed by atoms with Gasteiger partial charge in [0, 0.05) is 23.7 Å². The maximum atomic E-state index is 6.34. The molecule has 0 heterocycles. The molecule has 0 aliphatic carbocycles. The Labute approximate surface area is 136 Å². The van der Waals surface area contributed by atoms with Crippen molar-refractivity contribution in [2.24, 2.45) is 5.73 Å². The first-order valence-electron chi connectivity index (χ1n) is 6.94. The molecule has 0 unspecified atom stereocenters. The van der Waals surface area contributed by atoms with E-state index in [-0.39, 0.29) is 0 Å². The molecule has 0 atom stereocenters. The van der Waals surface area contributed by atoms with Crippen molar-refractivity contribution in [2.45, 2.75) is 20.0 Å². The van der Waals surface area contributed by atoms with Gasteiger partial charge in [-0.1, -0.05) is 73.2 Å². The largest absolute Gasteiger partial charge is 0.389 e. The van der Waals surface area contributed by atoms with Crippen LogP contribution in [-0.4, -0.2) is 16.4 Å². The molecule has 2 nitrogen and oxygen atoms in total. The Balaban J connectivity index is 2.10. The van der Waals surface area contributed by atoms with Crippen LogP contribution in [0.25, 0.3) is 0 Å². The monoisotopic (exact) mass is 318 g/mol. The van der Waals surface area contributed by atoms with Gasteiger partial charge in [0.15, 0.2) is 0 Å². The average molecular weight is 319 g/mol. The zero-order valence-corrected chi connectivity index (χ0v) is 13.6. The molecule has 0 aliphatic heterocycles. The van der Waals surface area contributed by atoms with Crippen LogP contribution in [0.4, 0.5) is 0 Å². The van der Waals surface area contributed by atoms with E-state index in [0.717, 1.165) is 30.8 Å². The second-order valence-corrected chi connectivity index (χ2v) is 5.81. The van der Waals surface area contributed by atoms with Crippen molar-refractivity contribution in [2.75, 3.05) is 6.54 Å². The van der Waals surface area contributed by atoms with Gasteiger partial charge in [-0.15, -0.1) is 0 Å². The third-order valence-corrected chi connectivity index (χ3v) is 4.02. The molecular weight excluding hydrogens is 300 g/mol. The number of rotatable bonds is 6. The number of nitrogens with two attached hydrogens (primary N) is 1. The predicted molar refractivity (Wildman–Crippen MR) is 93.6 cm³/mol. The Bertz CT molecular complexity index is 613. The molecule has 0 radical (unpaired) electrons. The Morgan fingerprint density at radius 2 is 1.86 bits per heavy atom. The lowest BCUT2D eigenvalue weighted by Gasteiger charge is -2.21. The normalized spacial score (nSPS) is 10.8. The lowest BCUT2D eigenvalue weighted by atomic mass is 10.1. The molecule has 2 N–H and O–H groups in total. The summed E-state index contributed by atoms with van der Waals surface area (Å²) >= 11 is 11.3. The molecule has 4 heteroatoms. The summed E-state index contributed by atoms with van der Waals surface area (Å²) in [5.74, 6) is 0. The van der Waals surface area contributed by atoms with E-state index in [4.69, 9.17) is 29.6 Å². The zero-order valence-electron chi connectivity index (χ0n) is 12.1. The van der Waals surface area contributed by atoms with E-state index in [1.54, 1.807) is 0 Å². The minimum atomic E-state index is 0.375. The Morgan fingerprint density at radius 3 is 2.43 bits per heavy atom. The highest BCUT2D eigenvalue weighted by molar-refractivity contribution is 7.80. The molecule has 2 aromatic rings. The van der Waals surface area contributed by atoms with Gasteiger partial charge in [0.25, 0.3) is 0 Å². The van der Waals surface area contributed by atoms with E-state index in [9.17, 15) is 0 Å². The lowest BCUT2D eigenvalue weighted by molar-refractivity contribution is 0.271. The lowest BCUT2D eigenvalue weighted by Crippen LogP contribution is -2.22. The van der Waals surface area contributed by atoms with Crippen LogP contribution < -0.4 is 5.73 Å². The van der Waals surface area contributed by atoms with Crippen molar-refractivity contribution in [3.63, 3.8) is 0 Å². The van der Waals surface area contributed by atoms with Gasteiger partial charge in [-0.05, 0) is 23.7 Å². The van der Waals surface area contributed by atoms with Gasteiger partial charge in [-0.25, -0.2) is 0 Å². The zero-order chi connectivity index (χ0) is 15.2. The van der Waals surface area contributed by atoms with E-state index in [1.807, 2.05) is 24.3 Å². The molecule has 0 bridgehead atoms. The van der Waals surface area contributed by atoms with E-state index in [2.05, 4.69) is 36.1 Å². The summed E-state index contributed by atoms with van der Waals surface area (Å²) in [6.07, 6.45) is 0. The molecule has 21 heavy (non-hydrogen) atoms. The fourth-order valence-electron chi connectivity index (χ4n) is 2.19. The van der Waals surface area contributed by atoms with Gasteiger partial charge in [0.1, 0.15) is 4.99 Å². The van der Waals surface area contributed by atoms with Crippen molar-refractivity contribution in [3.05, 3.63) is 70.2 Å². The first-order valence-corrected chi connectivity index (χ1v) is 7.73. The highest BCUT2D eigenvalue weighted by Crippen LogP contribution is 2.20. The molecule has 2 aromatic carbocycles. The van der Waals surface area contributed by atoms with Crippen LogP contribution in [0, 0.1) is 0 Å². The van der Waals surface area contributed by atoms with E-state index < -0.39 is 0 Å². The fraction of sp³-hybridized carbons (Fsp3) is 0.235. The number of benzene rings is 2. The molecule has 2 rings (SSSR count). The molecule has 0 aliphatic rings. The summed E-state index contributed by atoms with van der Waals surface area (Å²) in [6, 6.07) is 16.2. The predicted octanol–water partition coefficient (Wildman–Crippen LogP) is 4.00. The standard InChI is InChI=1S/C17H19ClN2S/c1-2-20(11-13-6-4-3-5-7-13)12-15-9-8-14(17(19)21)10-16(15)18/h3-10H,2,11-12H2,1H3,(H2,19,21). The van der Waals surface area contributed by atoms with Crippen LogP contribution in [0.1, 0.15) is 23.6 Å². The molecule has 110 valence electrons. The second-order valence-electron chi connectivity index (χ2n) is 4.96. The van der Waals surface area contributed by atoms with Crippen LogP contribution >= 0.6 is 23.8 Å². The molecule has 0 saturated carbocycles. The Morgan fingerprint density at radius 1 is 1.14 bits per heavy atom. The third-order valence-electron chi connectivity index (χ3n) is 3.43. The van der Waals surface area contributed by atoms with Crippen molar-refractivity contribution in [1.29, 1.82) is 0 Å². The quantitative estimate of drug-likeness (QED) is 0.816. The number of thiocarbonyl (C=S) groups is 1. The summed E-state index contributed by atoms with van der Waals surface area (Å²) in [5, 5.41) is 0.715. The first-order chi connectivity index (χ1) is 10.1. The van der Waals surface area contributed by atoms with Crippen LogP contribution in [0.3, 0.4) is 0 Å². The molecule has 0 fully saturated rings. The SMILES string of the molecule is CCN(Cc1ccccc1)Cc1ccc(C(N)=S)cc1Cl. The molecular formula is C17H19ClN2S. The average Bonchev–Trinajstić information content (AvgIpc) is 2.49. The molecule has 0 aromatic heterocycles. The number of hydrogen-bond acceptors (Lipinski definition) is 2. The fourth-order valence-corrected chi connectivity index (χ4v) is 2.56. The van der Waals surface area contributed by atoms with Crippen LogP contribution in [0.2, 0.25) is 5.02 Å². The van der Waals surface area contributed by atoms with Gasteiger partial charge in [-0.2, -0.15) is 0 Å². The Hall–Kier alpha value is -1.42. The van der Waals surface area contributed by atoms with Gasteiger partial charge < -0.3 is 5.73 Å². The minimum Gasteiger partial charge on any atom is -0.389 e. The van der Waals surface area contributed by atoms with Crippen LogP contribution in [0.5, 0.6) is 0 Å². The van der Waals surface area contributed by atoms with Crippen LogP contribution in [-0.2, 0) is 13.1 Å². The van der Waals surface area contributed by atoms with Crippen molar-refractivity contribution in [1.82, 2.24) is 4.90 Å². The molecule has 0 saturated heterocycles. The van der Waals surface area contributed by atoms with Gasteiger partial charge in [0.05, 0.1) is 0 Å². The summed E-state index contributed by atoms with van der Waals surface area (Å²) < 4.78 is 0.